The lowest BCUT2D eigenvalue weighted by molar-refractivity contribution is -0.136. The predicted molar refractivity (Wildman–Crippen MR) is 154 cm³/mol. The zero-order chi connectivity index (χ0) is 29.2. The van der Waals surface area contributed by atoms with Gasteiger partial charge in [-0.15, -0.1) is 0 Å². The number of nitrogens with one attached hydrogen (secondary N) is 2. The van der Waals surface area contributed by atoms with Gasteiger partial charge in [0.05, 0.1) is 25.1 Å². The summed E-state index contributed by atoms with van der Waals surface area (Å²) in [6.07, 6.45) is 2.96. The molecule has 0 spiro atoms. The average Bonchev–Trinajstić information content (AvgIpc) is 3.41. The van der Waals surface area contributed by atoms with Crippen LogP contribution in [0.25, 0.3) is 0 Å². The highest BCUT2D eigenvalue weighted by molar-refractivity contribution is 5.98. The molecule has 4 rings (SSSR count). The Kier molecular flexibility index (Phi) is 9.62. The number of para-hydroxylation sites is 1. The van der Waals surface area contributed by atoms with E-state index in [1.54, 1.807) is 54.8 Å². The first kappa shape index (κ1) is 29.2. The molecule has 10 nitrogen and oxygen atoms in total. The molecule has 0 bridgehead atoms. The second-order valence-corrected chi connectivity index (χ2v) is 9.99. The molecule has 0 aliphatic carbocycles. The molecular weight excluding hydrogens is 522 g/mol. The SMILES string of the molecule is CC(C)(N)C(=O)NC(COCc1ccccc1)C(=O)Nc1cn(C(C(=O)Oc2ccccc2)c2ccccc2)cn1. The van der Waals surface area contributed by atoms with Gasteiger partial charge in [-0.1, -0.05) is 78.9 Å². The average molecular weight is 556 g/mol. The van der Waals surface area contributed by atoms with Gasteiger partial charge < -0.3 is 30.4 Å². The highest BCUT2D eigenvalue weighted by Crippen LogP contribution is 2.23. The molecule has 0 aliphatic heterocycles. The quantitative estimate of drug-likeness (QED) is 0.180. The van der Waals surface area contributed by atoms with Crippen molar-refractivity contribution >= 4 is 23.6 Å². The zero-order valence-electron chi connectivity index (χ0n) is 22.9. The number of hydrogen-bond donors (Lipinski definition) is 3. The second-order valence-electron chi connectivity index (χ2n) is 9.99. The minimum absolute atomic E-state index is 0.0979. The summed E-state index contributed by atoms with van der Waals surface area (Å²) in [5.41, 5.74) is 6.32. The van der Waals surface area contributed by atoms with Crippen LogP contribution >= 0.6 is 0 Å². The van der Waals surface area contributed by atoms with Crippen LogP contribution in [-0.2, 0) is 25.7 Å². The van der Waals surface area contributed by atoms with Gasteiger partial charge in [-0.25, -0.2) is 9.78 Å². The van der Waals surface area contributed by atoms with Gasteiger partial charge in [0.1, 0.15) is 11.8 Å². The van der Waals surface area contributed by atoms with Gasteiger partial charge in [0.15, 0.2) is 11.9 Å². The molecule has 1 heterocycles. The van der Waals surface area contributed by atoms with Crippen LogP contribution in [0, 0.1) is 0 Å². The number of carbonyl (C=O) groups excluding carboxylic acids is 3. The number of ether oxygens (including phenoxy) is 2. The third kappa shape index (κ3) is 8.34. The number of esters is 1. The first-order chi connectivity index (χ1) is 19.7. The number of imidazole rings is 1. The fourth-order valence-corrected chi connectivity index (χ4v) is 3.88. The summed E-state index contributed by atoms with van der Waals surface area (Å²) in [4.78, 5) is 43.4. The third-order valence-corrected chi connectivity index (χ3v) is 6.05. The molecule has 0 fully saturated rings. The highest BCUT2D eigenvalue weighted by atomic mass is 16.5. The molecule has 2 unspecified atom stereocenters. The van der Waals surface area contributed by atoms with Gasteiger partial charge in [0, 0.05) is 6.20 Å². The van der Waals surface area contributed by atoms with E-state index < -0.39 is 35.4 Å². The molecule has 10 heteroatoms. The molecule has 2 atom stereocenters. The Labute approximate surface area is 238 Å². The van der Waals surface area contributed by atoms with Gasteiger partial charge in [-0.3, -0.25) is 9.59 Å². The van der Waals surface area contributed by atoms with Crippen LogP contribution in [0.15, 0.2) is 104 Å². The number of aromatic nitrogens is 2. The van der Waals surface area contributed by atoms with E-state index in [0.717, 1.165) is 5.56 Å². The van der Waals surface area contributed by atoms with Gasteiger partial charge in [0.2, 0.25) is 5.91 Å². The summed E-state index contributed by atoms with van der Waals surface area (Å²) in [5, 5.41) is 5.36. The Morgan fingerprint density at radius 3 is 2.17 bits per heavy atom. The summed E-state index contributed by atoms with van der Waals surface area (Å²) in [7, 11) is 0. The fourth-order valence-electron chi connectivity index (χ4n) is 3.88. The number of nitrogens with two attached hydrogens (primary N) is 1. The van der Waals surface area contributed by atoms with Crippen molar-refractivity contribution in [1.29, 1.82) is 0 Å². The van der Waals surface area contributed by atoms with E-state index in [-0.39, 0.29) is 19.0 Å². The zero-order valence-corrected chi connectivity index (χ0v) is 22.9. The summed E-state index contributed by atoms with van der Waals surface area (Å²) >= 11 is 0. The topological polar surface area (TPSA) is 138 Å². The molecule has 0 radical (unpaired) electrons. The van der Waals surface area contributed by atoms with Gasteiger partial charge in [-0.2, -0.15) is 0 Å². The monoisotopic (exact) mass is 555 g/mol. The largest absolute Gasteiger partial charge is 0.425 e. The molecule has 0 saturated carbocycles. The predicted octanol–water partition coefficient (Wildman–Crippen LogP) is 3.46. The number of hydrogen-bond acceptors (Lipinski definition) is 7. The Bertz CT molecular complexity index is 1440. The maximum atomic E-state index is 13.3. The van der Waals surface area contributed by atoms with Crippen LogP contribution < -0.4 is 21.1 Å². The summed E-state index contributed by atoms with van der Waals surface area (Å²) in [6, 6.07) is 25.4. The van der Waals surface area contributed by atoms with Crippen molar-refractivity contribution < 1.29 is 23.9 Å². The molecule has 41 heavy (non-hydrogen) atoms. The lowest BCUT2D eigenvalue weighted by Gasteiger charge is -2.23. The van der Waals surface area contributed by atoms with E-state index in [4.69, 9.17) is 15.2 Å². The minimum atomic E-state index is -1.21. The number of benzene rings is 3. The van der Waals surface area contributed by atoms with Crippen molar-refractivity contribution in [2.75, 3.05) is 11.9 Å². The van der Waals surface area contributed by atoms with Crippen molar-refractivity contribution in [1.82, 2.24) is 14.9 Å². The van der Waals surface area contributed by atoms with Gasteiger partial charge >= 0.3 is 5.97 Å². The summed E-state index contributed by atoms with van der Waals surface area (Å²) < 4.78 is 12.9. The second kappa shape index (κ2) is 13.5. The van der Waals surface area contributed by atoms with E-state index in [2.05, 4.69) is 15.6 Å². The Hall–Kier alpha value is -4.80. The summed E-state index contributed by atoms with van der Waals surface area (Å²) in [6.45, 7) is 3.24. The maximum absolute atomic E-state index is 13.3. The van der Waals surface area contributed by atoms with Crippen LogP contribution in [0.4, 0.5) is 5.82 Å². The number of carbonyl (C=O) groups is 3. The van der Waals surface area contributed by atoms with E-state index in [1.807, 2.05) is 54.6 Å². The van der Waals surface area contributed by atoms with Crippen molar-refractivity contribution in [3.05, 3.63) is 115 Å². The first-order valence-electron chi connectivity index (χ1n) is 13.1. The number of rotatable bonds is 12. The molecule has 0 aliphatic rings. The van der Waals surface area contributed by atoms with Crippen molar-refractivity contribution in [3.63, 3.8) is 0 Å². The standard InChI is InChI=1S/C31H33N5O5/c1-31(2,32)30(39)34-25(20-40-19-22-12-6-3-7-13-22)28(37)35-26-18-36(21-33-26)27(23-14-8-4-9-15-23)29(38)41-24-16-10-5-11-17-24/h3-18,21,25,27H,19-20,32H2,1-2H3,(H,34,39)(H,35,37). The van der Waals surface area contributed by atoms with Crippen LogP contribution in [-0.4, -0.2) is 45.5 Å². The lowest BCUT2D eigenvalue weighted by Crippen LogP contribution is -2.56. The van der Waals surface area contributed by atoms with Crippen LogP contribution in [0.5, 0.6) is 5.75 Å². The lowest BCUT2D eigenvalue weighted by atomic mass is 10.1. The minimum Gasteiger partial charge on any atom is -0.425 e. The Morgan fingerprint density at radius 1 is 0.927 bits per heavy atom. The molecule has 1 aromatic heterocycles. The smallest absolute Gasteiger partial charge is 0.339 e. The van der Waals surface area contributed by atoms with Crippen molar-refractivity contribution in [3.8, 4) is 5.75 Å². The molecule has 4 aromatic rings. The molecule has 2 amide bonds. The summed E-state index contributed by atoms with van der Waals surface area (Å²) in [5.74, 6) is -1.01. The molecule has 212 valence electrons. The van der Waals surface area contributed by atoms with Crippen molar-refractivity contribution in [2.45, 2.75) is 38.1 Å². The van der Waals surface area contributed by atoms with E-state index in [1.165, 1.54) is 12.5 Å². The van der Waals surface area contributed by atoms with Gasteiger partial charge in [0.25, 0.3) is 5.91 Å². The van der Waals surface area contributed by atoms with Gasteiger partial charge in [-0.05, 0) is 37.1 Å². The molecule has 3 aromatic carbocycles. The van der Waals surface area contributed by atoms with Crippen molar-refractivity contribution in [2.24, 2.45) is 5.73 Å². The normalized spacial score (nSPS) is 12.7. The molecule has 4 N–H and O–H groups in total. The van der Waals surface area contributed by atoms with Crippen LogP contribution in [0.3, 0.4) is 0 Å². The van der Waals surface area contributed by atoms with E-state index in [0.29, 0.717) is 11.3 Å². The Morgan fingerprint density at radius 2 is 1.54 bits per heavy atom. The molecular formula is C31H33N5O5. The van der Waals surface area contributed by atoms with Crippen LogP contribution in [0.2, 0.25) is 0 Å². The Balaban J connectivity index is 1.50. The highest BCUT2D eigenvalue weighted by Gasteiger charge is 2.29. The van der Waals surface area contributed by atoms with E-state index in [9.17, 15) is 14.4 Å². The number of anilines is 1. The molecule has 0 saturated heterocycles. The van der Waals surface area contributed by atoms with Crippen LogP contribution in [0.1, 0.15) is 31.0 Å². The first-order valence-corrected chi connectivity index (χ1v) is 13.1. The van der Waals surface area contributed by atoms with E-state index >= 15 is 0 Å². The third-order valence-electron chi connectivity index (χ3n) is 6.05. The maximum Gasteiger partial charge on any atom is 0.339 e. The number of amides is 2. The fraction of sp³-hybridized carbons (Fsp3) is 0.226. The number of nitrogens with zero attached hydrogens (tertiary/aromatic N) is 2.